The Kier molecular flexibility index (Phi) is 6.18. The second-order valence-electron chi connectivity index (χ2n) is 6.87. The molecule has 3 rings (SSSR count). The molecule has 144 valence electrons. The number of non-ortho nitro benzene ring substituents is 1. The van der Waals surface area contributed by atoms with E-state index in [-0.39, 0.29) is 17.5 Å². The number of carbonyl (C=O) groups excluding carboxylic acids is 2. The lowest BCUT2D eigenvalue weighted by atomic mass is 10.2. The number of likely N-dealkylation sites (tertiary alicyclic amines) is 1. The Morgan fingerprint density at radius 1 is 1.04 bits per heavy atom. The summed E-state index contributed by atoms with van der Waals surface area (Å²) in [7, 11) is 0. The van der Waals surface area contributed by atoms with Gasteiger partial charge in [0.2, 0.25) is 11.8 Å². The van der Waals surface area contributed by atoms with Gasteiger partial charge in [0.1, 0.15) is 0 Å². The predicted molar refractivity (Wildman–Crippen MR) is 101 cm³/mol. The van der Waals surface area contributed by atoms with Crippen LogP contribution in [0.1, 0.15) is 18.4 Å². The first kappa shape index (κ1) is 19.0. The molecule has 0 spiro atoms. The molecule has 0 aliphatic carbocycles. The molecule has 2 heterocycles. The van der Waals surface area contributed by atoms with Crippen LogP contribution in [0.25, 0.3) is 6.08 Å². The lowest BCUT2D eigenvalue weighted by Gasteiger charge is -2.34. The van der Waals surface area contributed by atoms with Crippen molar-refractivity contribution >= 4 is 23.6 Å². The van der Waals surface area contributed by atoms with Crippen LogP contribution in [-0.4, -0.2) is 77.3 Å². The molecule has 2 saturated heterocycles. The summed E-state index contributed by atoms with van der Waals surface area (Å²) in [6.07, 6.45) is 5.22. The fourth-order valence-electron chi connectivity index (χ4n) is 3.40. The van der Waals surface area contributed by atoms with Crippen LogP contribution in [0, 0.1) is 10.1 Å². The molecule has 0 radical (unpaired) electrons. The fraction of sp³-hybridized carbons (Fsp3) is 0.474. The van der Waals surface area contributed by atoms with Crippen molar-refractivity contribution in [3.63, 3.8) is 0 Å². The molecule has 0 N–H and O–H groups in total. The van der Waals surface area contributed by atoms with E-state index in [1.165, 1.54) is 18.2 Å². The number of rotatable bonds is 5. The van der Waals surface area contributed by atoms with Crippen molar-refractivity contribution in [1.82, 2.24) is 14.7 Å². The number of nitro groups is 1. The largest absolute Gasteiger partial charge is 0.342 e. The van der Waals surface area contributed by atoms with Crippen molar-refractivity contribution in [1.29, 1.82) is 0 Å². The first-order valence-corrected chi connectivity index (χ1v) is 9.24. The summed E-state index contributed by atoms with van der Waals surface area (Å²) in [4.78, 5) is 40.6. The van der Waals surface area contributed by atoms with Crippen LogP contribution in [0.5, 0.6) is 0 Å². The van der Waals surface area contributed by atoms with E-state index in [9.17, 15) is 19.7 Å². The second kappa shape index (κ2) is 8.77. The standard InChI is InChI=1S/C19H24N4O4/c24-18(7-6-16-4-3-5-17(14-16)23(26)27)22-12-10-20(11-13-22)15-19(25)21-8-1-2-9-21/h3-7,14H,1-2,8-13,15H2/b7-6+. The van der Waals surface area contributed by atoms with E-state index in [4.69, 9.17) is 0 Å². The molecule has 0 saturated carbocycles. The summed E-state index contributed by atoms with van der Waals surface area (Å²) in [5, 5.41) is 10.8. The summed E-state index contributed by atoms with van der Waals surface area (Å²) >= 11 is 0. The third-order valence-corrected chi connectivity index (χ3v) is 5.00. The Hall–Kier alpha value is -2.74. The van der Waals surface area contributed by atoms with Crippen molar-refractivity contribution in [2.45, 2.75) is 12.8 Å². The monoisotopic (exact) mass is 372 g/mol. The molecule has 0 bridgehead atoms. The number of hydrogen-bond acceptors (Lipinski definition) is 5. The van der Waals surface area contributed by atoms with E-state index in [1.54, 1.807) is 23.1 Å². The fourth-order valence-corrected chi connectivity index (χ4v) is 3.40. The minimum Gasteiger partial charge on any atom is -0.342 e. The van der Waals surface area contributed by atoms with E-state index >= 15 is 0 Å². The molecule has 1 aromatic carbocycles. The maximum Gasteiger partial charge on any atom is 0.270 e. The topological polar surface area (TPSA) is 87.0 Å². The molecular formula is C19H24N4O4. The van der Waals surface area contributed by atoms with Gasteiger partial charge in [0.15, 0.2) is 0 Å². The molecular weight excluding hydrogens is 348 g/mol. The normalized spacial score (nSPS) is 18.2. The van der Waals surface area contributed by atoms with Gasteiger partial charge >= 0.3 is 0 Å². The number of nitrogens with zero attached hydrogens (tertiary/aromatic N) is 4. The minimum absolute atomic E-state index is 0.000817. The number of benzene rings is 1. The van der Waals surface area contributed by atoms with Crippen molar-refractivity contribution in [3.8, 4) is 0 Å². The highest BCUT2D eigenvalue weighted by atomic mass is 16.6. The summed E-state index contributed by atoms with van der Waals surface area (Å²) in [5.41, 5.74) is 0.619. The molecule has 8 nitrogen and oxygen atoms in total. The van der Waals surface area contributed by atoms with E-state index in [0.717, 1.165) is 25.9 Å². The van der Waals surface area contributed by atoms with Crippen LogP contribution < -0.4 is 0 Å². The molecule has 0 unspecified atom stereocenters. The zero-order valence-electron chi connectivity index (χ0n) is 15.2. The Morgan fingerprint density at radius 2 is 1.74 bits per heavy atom. The number of nitro benzene ring substituents is 1. The molecule has 2 fully saturated rings. The number of carbonyl (C=O) groups is 2. The van der Waals surface area contributed by atoms with Gasteiger partial charge in [0.25, 0.3) is 5.69 Å². The van der Waals surface area contributed by atoms with Gasteiger partial charge in [0.05, 0.1) is 11.5 Å². The number of piperazine rings is 1. The van der Waals surface area contributed by atoms with Gasteiger partial charge in [-0.1, -0.05) is 12.1 Å². The van der Waals surface area contributed by atoms with Gasteiger partial charge < -0.3 is 9.80 Å². The predicted octanol–water partition coefficient (Wildman–Crippen LogP) is 1.37. The SMILES string of the molecule is O=C(/C=C/c1cccc([N+](=O)[O-])c1)N1CCN(CC(=O)N2CCCC2)CC1. The van der Waals surface area contributed by atoms with E-state index < -0.39 is 4.92 Å². The van der Waals surface area contributed by atoms with Gasteiger partial charge in [-0.05, 0) is 24.5 Å². The first-order valence-electron chi connectivity index (χ1n) is 9.24. The van der Waals surface area contributed by atoms with Crippen LogP contribution >= 0.6 is 0 Å². The smallest absolute Gasteiger partial charge is 0.270 e. The van der Waals surface area contributed by atoms with Crippen LogP contribution in [0.3, 0.4) is 0 Å². The Bertz CT molecular complexity index is 735. The van der Waals surface area contributed by atoms with Crippen LogP contribution in [0.2, 0.25) is 0 Å². The van der Waals surface area contributed by atoms with Crippen LogP contribution in [-0.2, 0) is 9.59 Å². The molecule has 8 heteroatoms. The summed E-state index contributed by atoms with van der Waals surface area (Å²) < 4.78 is 0. The highest BCUT2D eigenvalue weighted by Crippen LogP contribution is 2.14. The summed E-state index contributed by atoms with van der Waals surface area (Å²) in [5.74, 6) is 0.0601. The molecule has 0 aromatic heterocycles. The highest BCUT2D eigenvalue weighted by Gasteiger charge is 2.24. The van der Waals surface area contributed by atoms with Gasteiger partial charge in [0, 0.05) is 57.5 Å². The number of hydrogen-bond donors (Lipinski definition) is 0. The van der Waals surface area contributed by atoms with E-state index in [1.807, 2.05) is 4.90 Å². The molecule has 2 aliphatic rings. The van der Waals surface area contributed by atoms with Gasteiger partial charge in [-0.25, -0.2) is 0 Å². The van der Waals surface area contributed by atoms with Crippen molar-refractivity contribution in [3.05, 3.63) is 46.0 Å². The maximum atomic E-state index is 12.3. The molecule has 1 aromatic rings. The number of amides is 2. The van der Waals surface area contributed by atoms with Gasteiger partial charge in [-0.15, -0.1) is 0 Å². The first-order chi connectivity index (χ1) is 13.0. The minimum atomic E-state index is -0.457. The lowest BCUT2D eigenvalue weighted by Crippen LogP contribution is -2.51. The molecule has 2 aliphatic heterocycles. The molecule has 0 atom stereocenters. The average Bonchev–Trinajstić information content (AvgIpc) is 3.22. The van der Waals surface area contributed by atoms with Crippen molar-refractivity contribution in [2.75, 3.05) is 45.8 Å². The van der Waals surface area contributed by atoms with Crippen LogP contribution in [0.15, 0.2) is 30.3 Å². The third-order valence-electron chi connectivity index (χ3n) is 5.00. The second-order valence-corrected chi connectivity index (χ2v) is 6.87. The maximum absolute atomic E-state index is 12.3. The quantitative estimate of drug-likeness (QED) is 0.443. The summed E-state index contributed by atoms with van der Waals surface area (Å²) in [6, 6.07) is 6.17. The van der Waals surface area contributed by atoms with Crippen molar-refractivity contribution < 1.29 is 14.5 Å². The van der Waals surface area contributed by atoms with Crippen molar-refractivity contribution in [2.24, 2.45) is 0 Å². The highest BCUT2D eigenvalue weighted by molar-refractivity contribution is 5.92. The third kappa shape index (κ3) is 5.13. The van der Waals surface area contributed by atoms with E-state index in [2.05, 4.69) is 4.90 Å². The zero-order chi connectivity index (χ0) is 19.2. The zero-order valence-corrected chi connectivity index (χ0v) is 15.2. The van der Waals surface area contributed by atoms with Crippen LogP contribution in [0.4, 0.5) is 5.69 Å². The molecule has 2 amide bonds. The Labute approximate surface area is 158 Å². The Morgan fingerprint density at radius 3 is 2.41 bits per heavy atom. The average molecular weight is 372 g/mol. The lowest BCUT2D eigenvalue weighted by molar-refractivity contribution is -0.384. The van der Waals surface area contributed by atoms with E-state index in [0.29, 0.717) is 38.3 Å². The summed E-state index contributed by atoms with van der Waals surface area (Å²) in [6.45, 7) is 4.65. The van der Waals surface area contributed by atoms with Gasteiger partial charge in [-0.2, -0.15) is 0 Å². The Balaban J connectivity index is 1.47. The molecule has 27 heavy (non-hydrogen) atoms. The van der Waals surface area contributed by atoms with Gasteiger partial charge in [-0.3, -0.25) is 24.6 Å².